The van der Waals surface area contributed by atoms with Crippen LogP contribution in [-0.2, 0) is 9.53 Å². The Balaban J connectivity index is 1.94. The van der Waals surface area contributed by atoms with E-state index in [1.54, 1.807) is 25.5 Å². The molecule has 0 radical (unpaired) electrons. The molecule has 0 aromatic heterocycles. The Morgan fingerprint density at radius 1 is 1.23 bits per heavy atom. The van der Waals surface area contributed by atoms with Gasteiger partial charge in [-0.15, -0.1) is 0 Å². The van der Waals surface area contributed by atoms with Gasteiger partial charge in [0.1, 0.15) is 23.3 Å². The Morgan fingerprint density at radius 2 is 1.93 bits per heavy atom. The summed E-state index contributed by atoms with van der Waals surface area (Å²) in [7, 11) is 1.56. The molecule has 0 aliphatic carbocycles. The van der Waals surface area contributed by atoms with Crippen molar-refractivity contribution in [1.29, 1.82) is 5.41 Å². The normalized spacial score (nSPS) is 17.2. The predicted molar refractivity (Wildman–Crippen MR) is 123 cm³/mol. The van der Waals surface area contributed by atoms with E-state index < -0.39 is 18.1 Å². The topological polar surface area (TPSA) is 99.3 Å². The smallest absolute Gasteiger partial charge is 0.209 e. The largest absolute Gasteiger partial charge is 0.358 e. The van der Waals surface area contributed by atoms with Gasteiger partial charge in [0, 0.05) is 12.7 Å². The van der Waals surface area contributed by atoms with Crippen LogP contribution in [0.5, 0.6) is 0 Å². The molecule has 1 heterocycles. The molecule has 0 saturated heterocycles. The van der Waals surface area contributed by atoms with Crippen molar-refractivity contribution in [2.75, 3.05) is 13.7 Å². The molecule has 7 nitrogen and oxygen atoms in total. The van der Waals surface area contributed by atoms with Gasteiger partial charge in [-0.1, -0.05) is 60.2 Å². The second kappa shape index (κ2) is 10.1. The molecule has 2 atom stereocenters. The molecular formula is C22H23N5O2S. The fraction of sp³-hybridized carbons (Fsp3) is 0.227. The van der Waals surface area contributed by atoms with E-state index in [4.69, 9.17) is 10.1 Å². The maximum absolute atomic E-state index is 13.4. The van der Waals surface area contributed by atoms with E-state index in [9.17, 15) is 4.79 Å². The van der Waals surface area contributed by atoms with E-state index in [1.165, 1.54) is 0 Å². The number of ether oxygens (including phenoxy) is 1. The maximum Gasteiger partial charge on any atom is 0.209 e. The number of carbonyl (C=O) groups is 1. The quantitative estimate of drug-likeness (QED) is 0.473. The molecule has 2 unspecified atom stereocenters. The van der Waals surface area contributed by atoms with Crippen LogP contribution in [0.4, 0.5) is 0 Å². The van der Waals surface area contributed by atoms with Crippen LogP contribution in [0.3, 0.4) is 0 Å². The zero-order valence-electron chi connectivity index (χ0n) is 16.7. The van der Waals surface area contributed by atoms with Gasteiger partial charge in [0.25, 0.3) is 0 Å². The lowest BCUT2D eigenvalue weighted by Gasteiger charge is -2.22. The van der Waals surface area contributed by atoms with E-state index in [1.807, 2.05) is 49.4 Å². The minimum absolute atomic E-state index is 0.205. The number of ketones is 1. The number of nitrogens with zero attached hydrogens (tertiary/aromatic N) is 3. The Hall–Kier alpha value is -3.10. The lowest BCUT2D eigenvalue weighted by molar-refractivity contribution is -0.114. The number of aliphatic imine (C=N–C) groups is 2. The van der Waals surface area contributed by atoms with Gasteiger partial charge in [0.05, 0.1) is 12.8 Å². The Labute approximate surface area is 181 Å². The number of methoxy groups -OCH3 is 1. The van der Waals surface area contributed by atoms with Crippen LogP contribution in [0.25, 0.3) is 0 Å². The first-order valence-corrected chi connectivity index (χ1v) is 9.77. The molecule has 8 heteroatoms. The summed E-state index contributed by atoms with van der Waals surface area (Å²) in [4.78, 5) is 22.0. The van der Waals surface area contributed by atoms with Crippen molar-refractivity contribution in [3.8, 4) is 0 Å². The molecule has 2 aromatic carbocycles. The van der Waals surface area contributed by atoms with Crippen molar-refractivity contribution in [3.05, 3.63) is 71.3 Å². The molecule has 2 N–H and O–H groups in total. The van der Waals surface area contributed by atoms with E-state index in [-0.39, 0.29) is 11.4 Å². The van der Waals surface area contributed by atoms with Gasteiger partial charge in [-0.05, 0) is 25.3 Å². The average molecular weight is 422 g/mol. The van der Waals surface area contributed by atoms with Gasteiger partial charge in [0.2, 0.25) is 5.78 Å². The zero-order valence-corrected chi connectivity index (χ0v) is 17.6. The second-order valence-corrected chi connectivity index (χ2v) is 6.94. The summed E-state index contributed by atoms with van der Waals surface area (Å²) in [5.74, 6) is -0.0324. The first kappa shape index (κ1) is 21.6. The third-order valence-electron chi connectivity index (χ3n) is 4.63. The Morgan fingerprint density at radius 3 is 2.57 bits per heavy atom. The van der Waals surface area contributed by atoms with Crippen LogP contribution in [0.2, 0.25) is 0 Å². The lowest BCUT2D eigenvalue weighted by atomic mass is 9.94. The summed E-state index contributed by atoms with van der Waals surface area (Å²) < 4.78 is 9.15. The number of aryl methyl sites for hydroxylation is 1. The zero-order chi connectivity index (χ0) is 21.5. The maximum atomic E-state index is 13.4. The van der Waals surface area contributed by atoms with Crippen LogP contribution in [0.1, 0.15) is 22.7 Å². The third-order valence-corrected chi connectivity index (χ3v) is 4.83. The number of rotatable bonds is 7. The molecular weight excluding hydrogens is 398 g/mol. The molecule has 2 aromatic rings. The molecule has 30 heavy (non-hydrogen) atoms. The van der Waals surface area contributed by atoms with Crippen LogP contribution < -0.4 is 5.32 Å². The van der Waals surface area contributed by atoms with Crippen molar-refractivity contribution < 1.29 is 9.53 Å². The average Bonchev–Trinajstić information content (AvgIpc) is 2.79. The number of thiol groups is 1. The number of amidine groups is 1. The monoisotopic (exact) mass is 421 g/mol. The number of carbonyl (C=O) groups excluding carboxylic acids is 1. The summed E-state index contributed by atoms with van der Waals surface area (Å²) >= 11 is 4.00. The second-order valence-electron chi connectivity index (χ2n) is 6.74. The highest BCUT2D eigenvalue weighted by molar-refractivity contribution is 7.79. The van der Waals surface area contributed by atoms with E-state index in [0.29, 0.717) is 23.5 Å². The van der Waals surface area contributed by atoms with Gasteiger partial charge < -0.3 is 10.1 Å². The number of benzene rings is 2. The molecule has 1 aliphatic rings. The summed E-state index contributed by atoms with van der Waals surface area (Å²) in [6.07, 6.45) is 1.16. The van der Waals surface area contributed by atoms with Gasteiger partial charge in [-0.3, -0.25) is 15.2 Å². The molecule has 3 rings (SSSR count). The molecule has 0 saturated carbocycles. The lowest BCUT2D eigenvalue weighted by Crippen LogP contribution is -2.41. The highest BCUT2D eigenvalue weighted by Crippen LogP contribution is 2.18. The Kier molecular flexibility index (Phi) is 7.26. The molecule has 0 fully saturated rings. The first-order chi connectivity index (χ1) is 14.5. The van der Waals surface area contributed by atoms with Gasteiger partial charge in [-0.25, -0.2) is 9.39 Å². The Bertz CT molecular complexity index is 1000. The molecule has 0 amide bonds. The minimum Gasteiger partial charge on any atom is -0.358 e. The van der Waals surface area contributed by atoms with Crippen molar-refractivity contribution in [1.82, 2.24) is 5.32 Å². The summed E-state index contributed by atoms with van der Waals surface area (Å²) in [5.41, 5.74) is 2.38. The van der Waals surface area contributed by atoms with Crippen molar-refractivity contribution in [2.24, 2.45) is 14.4 Å². The summed E-state index contributed by atoms with van der Waals surface area (Å²) in [6, 6.07) is 15.8. The van der Waals surface area contributed by atoms with Crippen molar-refractivity contribution in [2.45, 2.75) is 19.2 Å². The highest BCUT2D eigenvalue weighted by atomic mass is 32.1. The van der Waals surface area contributed by atoms with Gasteiger partial charge in [-0.2, -0.15) is 0 Å². The molecule has 154 valence electrons. The first-order valence-electron chi connectivity index (χ1n) is 9.37. The van der Waals surface area contributed by atoms with E-state index in [2.05, 4.69) is 32.5 Å². The summed E-state index contributed by atoms with van der Waals surface area (Å²) in [5, 5.41) is 11.7. The van der Waals surface area contributed by atoms with E-state index in [0.717, 1.165) is 5.56 Å². The number of hydrogen-bond acceptors (Lipinski definition) is 8. The third kappa shape index (κ3) is 5.08. The van der Waals surface area contributed by atoms with Crippen LogP contribution in [0.15, 0.2) is 69.0 Å². The SMILES string of the molecule is COC1CN=CC(NC(C(=O)C(=N)/C(=N\S)c2ccccc2)c2ccc(C)cc2)=N1. The summed E-state index contributed by atoms with van der Waals surface area (Å²) in [6.45, 7) is 2.39. The van der Waals surface area contributed by atoms with Crippen molar-refractivity contribution in [3.63, 3.8) is 0 Å². The van der Waals surface area contributed by atoms with Crippen LogP contribution >= 0.6 is 12.8 Å². The van der Waals surface area contributed by atoms with Crippen LogP contribution in [-0.4, -0.2) is 49.1 Å². The number of Topliss-reactive ketones (excluding diaryl/α,β-unsaturated/α-hetero) is 1. The molecule has 0 spiro atoms. The fourth-order valence-corrected chi connectivity index (χ4v) is 3.19. The standard InChI is InChI=1S/C22H23N5O2S/c1-14-8-10-16(11-9-14)21(26-17-12-24-13-18(25-17)29-2)22(28)19(23)20(27-30)15-6-4-3-5-7-15/h3-12,18,21,23,30H,13H2,1-2H3,(H,25,26)/b23-19?,27-20-. The predicted octanol–water partition coefficient (Wildman–Crippen LogP) is 3.00. The van der Waals surface area contributed by atoms with Crippen molar-refractivity contribution >= 4 is 42.1 Å². The minimum atomic E-state index is -0.840. The number of nitrogens with one attached hydrogen (secondary N) is 2. The van der Waals surface area contributed by atoms with E-state index >= 15 is 0 Å². The van der Waals surface area contributed by atoms with Gasteiger partial charge >= 0.3 is 0 Å². The fourth-order valence-electron chi connectivity index (χ4n) is 2.98. The van der Waals surface area contributed by atoms with Gasteiger partial charge in [0.15, 0.2) is 6.23 Å². The molecule has 0 bridgehead atoms. The molecule has 1 aliphatic heterocycles. The number of hydrogen-bond donors (Lipinski definition) is 3. The highest BCUT2D eigenvalue weighted by Gasteiger charge is 2.29. The van der Waals surface area contributed by atoms with Crippen LogP contribution in [0, 0.1) is 12.3 Å².